The zero-order chi connectivity index (χ0) is 12.4. The van der Waals surface area contributed by atoms with Gasteiger partial charge in [-0.15, -0.1) is 0 Å². The molecule has 3 aromatic rings. The van der Waals surface area contributed by atoms with Crippen LogP contribution in [0.3, 0.4) is 0 Å². The Kier molecular flexibility index (Phi) is 2.53. The van der Waals surface area contributed by atoms with E-state index < -0.39 is 0 Å². The van der Waals surface area contributed by atoms with Gasteiger partial charge in [-0.1, -0.05) is 0 Å². The Morgan fingerprint density at radius 2 is 2.22 bits per heavy atom. The van der Waals surface area contributed by atoms with E-state index in [4.69, 9.17) is 10.2 Å². The summed E-state index contributed by atoms with van der Waals surface area (Å²) in [5.74, 6) is 0. The highest BCUT2D eigenvalue weighted by atomic mass is 16.4. The molecule has 18 heavy (non-hydrogen) atoms. The van der Waals surface area contributed by atoms with Gasteiger partial charge in [0.2, 0.25) is 0 Å². The number of oxazole rings is 1. The molecule has 0 unspecified atom stereocenters. The highest BCUT2D eigenvalue weighted by Gasteiger charge is 2.05. The minimum Gasteiger partial charge on any atom is -0.423 e. The summed E-state index contributed by atoms with van der Waals surface area (Å²) in [5, 5.41) is 10.8. The van der Waals surface area contributed by atoms with Crippen LogP contribution in [0.25, 0.3) is 11.1 Å². The molecule has 1 aromatic carbocycles. The fourth-order valence-corrected chi connectivity index (χ4v) is 1.61. The first-order valence-electron chi connectivity index (χ1n) is 5.48. The molecule has 0 fully saturated rings. The van der Waals surface area contributed by atoms with Crippen molar-refractivity contribution < 1.29 is 4.42 Å². The minimum atomic E-state index is 0.446. The summed E-state index contributed by atoms with van der Waals surface area (Å²) in [6, 6.07) is 9.51. The molecule has 0 aliphatic heterocycles. The lowest BCUT2D eigenvalue weighted by Crippen LogP contribution is -2.02. The standard InChI is InChI=1S/C12H11N5O/c13-8-3-4-10-11(6-8)18-12(16-10)14-7-9-2-1-5-15-17-9/h1-6H,7,13H2,(H,14,16). The number of nitrogens with one attached hydrogen (secondary N) is 1. The SMILES string of the molecule is Nc1ccc2nc(NCc3cccnn3)oc2c1. The molecule has 6 nitrogen and oxygen atoms in total. The van der Waals surface area contributed by atoms with Crippen LogP contribution in [0, 0.1) is 0 Å². The van der Waals surface area contributed by atoms with Gasteiger partial charge < -0.3 is 15.5 Å². The van der Waals surface area contributed by atoms with Gasteiger partial charge in [0.1, 0.15) is 5.52 Å². The lowest BCUT2D eigenvalue weighted by molar-refractivity contribution is 0.613. The highest BCUT2D eigenvalue weighted by Crippen LogP contribution is 2.21. The van der Waals surface area contributed by atoms with Crippen LogP contribution in [-0.2, 0) is 6.54 Å². The lowest BCUT2D eigenvalue weighted by atomic mass is 10.3. The third-order valence-electron chi connectivity index (χ3n) is 2.46. The summed E-state index contributed by atoms with van der Waals surface area (Å²) in [5.41, 5.74) is 8.58. The van der Waals surface area contributed by atoms with E-state index in [-0.39, 0.29) is 0 Å². The Hall–Kier alpha value is -2.63. The summed E-state index contributed by atoms with van der Waals surface area (Å²) < 4.78 is 5.52. The topological polar surface area (TPSA) is 89.9 Å². The highest BCUT2D eigenvalue weighted by molar-refractivity contribution is 5.78. The van der Waals surface area contributed by atoms with Crippen molar-refractivity contribution in [3.63, 3.8) is 0 Å². The molecule has 90 valence electrons. The van der Waals surface area contributed by atoms with Gasteiger partial charge >= 0.3 is 0 Å². The normalized spacial score (nSPS) is 10.7. The number of hydrogen-bond acceptors (Lipinski definition) is 6. The van der Waals surface area contributed by atoms with Crippen LogP contribution in [0.1, 0.15) is 5.69 Å². The summed E-state index contributed by atoms with van der Waals surface area (Å²) >= 11 is 0. The molecule has 0 aliphatic rings. The summed E-state index contributed by atoms with van der Waals surface area (Å²) in [6.45, 7) is 0.510. The van der Waals surface area contributed by atoms with Crippen molar-refractivity contribution in [2.24, 2.45) is 0 Å². The van der Waals surface area contributed by atoms with Gasteiger partial charge in [-0.2, -0.15) is 15.2 Å². The minimum absolute atomic E-state index is 0.446. The van der Waals surface area contributed by atoms with E-state index in [1.165, 1.54) is 0 Å². The van der Waals surface area contributed by atoms with Gasteiger partial charge in [-0.3, -0.25) is 0 Å². The van der Waals surface area contributed by atoms with Gasteiger partial charge in [-0.25, -0.2) is 0 Å². The van der Waals surface area contributed by atoms with Crippen LogP contribution < -0.4 is 11.1 Å². The number of benzene rings is 1. The number of anilines is 2. The molecular formula is C12H11N5O. The van der Waals surface area contributed by atoms with Crippen LogP contribution in [0.4, 0.5) is 11.7 Å². The van der Waals surface area contributed by atoms with E-state index in [9.17, 15) is 0 Å². The van der Waals surface area contributed by atoms with Gasteiger partial charge in [0, 0.05) is 18.0 Å². The van der Waals surface area contributed by atoms with Crippen molar-refractivity contribution in [2.75, 3.05) is 11.1 Å². The van der Waals surface area contributed by atoms with Crippen molar-refractivity contribution >= 4 is 22.8 Å². The largest absolute Gasteiger partial charge is 0.423 e. The van der Waals surface area contributed by atoms with Crippen molar-refractivity contribution in [3.05, 3.63) is 42.2 Å². The molecule has 2 aromatic heterocycles. The molecule has 0 amide bonds. The van der Waals surface area contributed by atoms with Gasteiger partial charge in [-0.05, 0) is 24.3 Å². The smallest absolute Gasteiger partial charge is 0.296 e. The molecule has 0 spiro atoms. The summed E-state index contributed by atoms with van der Waals surface area (Å²) in [6.07, 6.45) is 1.63. The molecule has 2 heterocycles. The average Bonchev–Trinajstić information content (AvgIpc) is 2.79. The van der Waals surface area contributed by atoms with E-state index in [1.807, 2.05) is 18.2 Å². The van der Waals surface area contributed by atoms with E-state index >= 15 is 0 Å². The van der Waals surface area contributed by atoms with E-state index in [2.05, 4.69) is 20.5 Å². The predicted octanol–water partition coefficient (Wildman–Crippen LogP) is 1.81. The average molecular weight is 241 g/mol. The van der Waals surface area contributed by atoms with Crippen molar-refractivity contribution in [1.82, 2.24) is 15.2 Å². The molecule has 0 atom stereocenters. The second-order valence-electron chi connectivity index (χ2n) is 3.81. The van der Waals surface area contributed by atoms with Gasteiger partial charge in [0.25, 0.3) is 6.01 Å². The number of aromatic nitrogens is 3. The molecule has 0 saturated heterocycles. The van der Waals surface area contributed by atoms with Crippen molar-refractivity contribution in [1.29, 1.82) is 0 Å². The van der Waals surface area contributed by atoms with Crippen molar-refractivity contribution in [3.8, 4) is 0 Å². The Morgan fingerprint density at radius 3 is 3.06 bits per heavy atom. The molecule has 3 rings (SSSR count). The molecule has 0 aliphatic carbocycles. The molecule has 3 N–H and O–H groups in total. The molecular weight excluding hydrogens is 230 g/mol. The van der Waals surface area contributed by atoms with Crippen LogP contribution in [0.5, 0.6) is 0 Å². The Bertz CT molecular complexity index is 665. The number of nitrogen functional groups attached to an aromatic ring is 1. The van der Waals surface area contributed by atoms with Gasteiger partial charge in [0.15, 0.2) is 5.58 Å². The number of nitrogens with zero attached hydrogens (tertiary/aromatic N) is 3. The first kappa shape index (κ1) is 10.5. The van der Waals surface area contributed by atoms with E-state index in [0.717, 1.165) is 11.2 Å². The van der Waals surface area contributed by atoms with E-state index in [0.29, 0.717) is 23.8 Å². The van der Waals surface area contributed by atoms with Crippen LogP contribution >= 0.6 is 0 Å². The second-order valence-corrected chi connectivity index (χ2v) is 3.81. The lowest BCUT2D eigenvalue weighted by Gasteiger charge is -1.98. The third-order valence-corrected chi connectivity index (χ3v) is 2.46. The maximum absolute atomic E-state index is 5.67. The first-order chi connectivity index (χ1) is 8.81. The van der Waals surface area contributed by atoms with Crippen molar-refractivity contribution in [2.45, 2.75) is 6.54 Å². The number of rotatable bonds is 3. The fourth-order valence-electron chi connectivity index (χ4n) is 1.61. The summed E-state index contributed by atoms with van der Waals surface area (Å²) in [7, 11) is 0. The van der Waals surface area contributed by atoms with Crippen LogP contribution in [0.15, 0.2) is 40.9 Å². The predicted molar refractivity (Wildman–Crippen MR) is 67.8 cm³/mol. The quantitative estimate of drug-likeness (QED) is 0.680. The second kappa shape index (κ2) is 4.33. The molecule has 0 bridgehead atoms. The van der Waals surface area contributed by atoms with E-state index in [1.54, 1.807) is 18.3 Å². The molecule has 6 heteroatoms. The monoisotopic (exact) mass is 241 g/mol. The van der Waals surface area contributed by atoms with Crippen LogP contribution in [-0.4, -0.2) is 15.2 Å². The summed E-state index contributed by atoms with van der Waals surface area (Å²) in [4.78, 5) is 4.29. The Labute approximate surface area is 103 Å². The number of nitrogens with two attached hydrogens (primary N) is 1. The third kappa shape index (κ3) is 2.08. The zero-order valence-corrected chi connectivity index (χ0v) is 9.50. The maximum atomic E-state index is 5.67. The molecule has 0 radical (unpaired) electrons. The fraction of sp³-hybridized carbons (Fsp3) is 0.0833. The van der Waals surface area contributed by atoms with Crippen LogP contribution in [0.2, 0.25) is 0 Å². The number of fused-ring (bicyclic) bond motifs is 1. The Morgan fingerprint density at radius 1 is 1.28 bits per heavy atom. The zero-order valence-electron chi connectivity index (χ0n) is 9.50. The number of hydrogen-bond donors (Lipinski definition) is 2. The first-order valence-corrected chi connectivity index (χ1v) is 5.48. The van der Waals surface area contributed by atoms with Gasteiger partial charge in [0.05, 0.1) is 12.2 Å². The maximum Gasteiger partial charge on any atom is 0.296 e. The Balaban J connectivity index is 1.79. The molecule has 0 saturated carbocycles.